The quantitative estimate of drug-likeness (QED) is 0.717. The zero-order valence-corrected chi connectivity index (χ0v) is 14.9. The number of rotatable bonds is 4. The largest absolute Gasteiger partial charge is 0.444 e. The number of alkyl carbamates (subject to hydrolysis) is 1. The predicted octanol–water partition coefficient (Wildman–Crippen LogP) is 4.82. The van der Waals surface area contributed by atoms with Gasteiger partial charge in [0.25, 0.3) is 0 Å². The third kappa shape index (κ3) is 4.41. The lowest BCUT2D eigenvalue weighted by atomic mass is 9.90. The molecular formula is C21H24N2O2. The van der Waals surface area contributed by atoms with Gasteiger partial charge in [-0.2, -0.15) is 0 Å². The molecule has 2 aromatic carbocycles. The molecule has 1 atom stereocenters. The summed E-state index contributed by atoms with van der Waals surface area (Å²) in [4.78, 5) is 15.3. The second kappa shape index (κ2) is 7.01. The molecule has 3 rings (SSSR count). The van der Waals surface area contributed by atoms with Crippen molar-refractivity contribution in [2.75, 3.05) is 6.54 Å². The van der Waals surface area contributed by atoms with Crippen LogP contribution in [0.25, 0.3) is 10.9 Å². The monoisotopic (exact) mass is 336 g/mol. The van der Waals surface area contributed by atoms with Gasteiger partial charge in [-0.15, -0.1) is 0 Å². The van der Waals surface area contributed by atoms with Crippen molar-refractivity contribution in [1.29, 1.82) is 0 Å². The van der Waals surface area contributed by atoms with Crippen molar-refractivity contribution in [2.45, 2.75) is 32.3 Å². The molecule has 1 amide bonds. The van der Waals surface area contributed by atoms with Crippen molar-refractivity contribution in [3.63, 3.8) is 0 Å². The highest BCUT2D eigenvalue weighted by Crippen LogP contribution is 2.27. The first-order chi connectivity index (χ1) is 11.9. The Kier molecular flexibility index (Phi) is 4.79. The van der Waals surface area contributed by atoms with Crippen LogP contribution in [-0.2, 0) is 4.74 Å². The van der Waals surface area contributed by atoms with Crippen LogP contribution in [0.5, 0.6) is 0 Å². The van der Waals surface area contributed by atoms with E-state index in [1.165, 1.54) is 0 Å². The lowest BCUT2D eigenvalue weighted by Gasteiger charge is -2.22. The van der Waals surface area contributed by atoms with E-state index in [4.69, 9.17) is 4.74 Å². The molecule has 0 saturated heterocycles. The van der Waals surface area contributed by atoms with Gasteiger partial charge >= 0.3 is 6.09 Å². The molecule has 0 bridgehead atoms. The molecule has 2 N–H and O–H groups in total. The molecule has 1 aromatic heterocycles. The van der Waals surface area contributed by atoms with Gasteiger partial charge in [0, 0.05) is 24.2 Å². The number of benzene rings is 2. The van der Waals surface area contributed by atoms with Crippen molar-refractivity contribution in [2.24, 2.45) is 0 Å². The molecule has 130 valence electrons. The maximum atomic E-state index is 12.1. The minimum Gasteiger partial charge on any atom is -0.444 e. The number of aromatic amines is 1. The molecule has 3 aromatic rings. The first-order valence-electron chi connectivity index (χ1n) is 8.51. The number of aromatic nitrogens is 1. The van der Waals surface area contributed by atoms with E-state index in [-0.39, 0.29) is 5.92 Å². The number of hydrogen-bond donors (Lipinski definition) is 2. The van der Waals surface area contributed by atoms with E-state index in [2.05, 4.69) is 46.7 Å². The maximum Gasteiger partial charge on any atom is 0.407 e. The van der Waals surface area contributed by atoms with Crippen molar-refractivity contribution in [3.8, 4) is 0 Å². The Hall–Kier alpha value is -2.75. The summed E-state index contributed by atoms with van der Waals surface area (Å²) in [5.41, 5.74) is 2.93. The summed E-state index contributed by atoms with van der Waals surface area (Å²) in [6.07, 6.45) is 1.54. The van der Waals surface area contributed by atoms with Gasteiger partial charge in [-0.05, 0) is 55.5 Å². The van der Waals surface area contributed by atoms with E-state index < -0.39 is 11.7 Å². The molecule has 25 heavy (non-hydrogen) atoms. The molecule has 0 fully saturated rings. The van der Waals surface area contributed by atoms with E-state index in [9.17, 15) is 4.79 Å². The van der Waals surface area contributed by atoms with Gasteiger partial charge in [0.05, 0.1) is 0 Å². The first-order valence-corrected chi connectivity index (χ1v) is 8.51. The van der Waals surface area contributed by atoms with Gasteiger partial charge in [-0.3, -0.25) is 0 Å². The molecular weight excluding hydrogens is 312 g/mol. The summed E-state index contributed by atoms with van der Waals surface area (Å²) in [6.45, 7) is 6.07. The summed E-state index contributed by atoms with van der Waals surface area (Å²) in [5, 5.41) is 4.07. The van der Waals surface area contributed by atoms with E-state index in [1.807, 2.05) is 45.2 Å². The summed E-state index contributed by atoms with van der Waals surface area (Å²) in [7, 11) is 0. The summed E-state index contributed by atoms with van der Waals surface area (Å²) >= 11 is 0. The number of carbonyl (C=O) groups excluding carboxylic acids is 1. The highest BCUT2D eigenvalue weighted by Gasteiger charge is 2.19. The highest BCUT2D eigenvalue weighted by molar-refractivity contribution is 5.80. The van der Waals surface area contributed by atoms with Crippen LogP contribution < -0.4 is 5.32 Å². The third-order valence-corrected chi connectivity index (χ3v) is 4.03. The zero-order valence-electron chi connectivity index (χ0n) is 14.9. The van der Waals surface area contributed by atoms with Crippen molar-refractivity contribution < 1.29 is 9.53 Å². The lowest BCUT2D eigenvalue weighted by Crippen LogP contribution is -2.35. The van der Waals surface area contributed by atoms with Crippen LogP contribution in [0.4, 0.5) is 4.79 Å². The van der Waals surface area contributed by atoms with Crippen LogP contribution in [0, 0.1) is 0 Å². The third-order valence-electron chi connectivity index (χ3n) is 4.03. The highest BCUT2D eigenvalue weighted by atomic mass is 16.6. The fraction of sp³-hybridized carbons (Fsp3) is 0.286. The Morgan fingerprint density at radius 2 is 1.84 bits per heavy atom. The maximum absolute atomic E-state index is 12.1. The van der Waals surface area contributed by atoms with Gasteiger partial charge in [0.15, 0.2) is 0 Å². The Bertz CT molecular complexity index is 847. The van der Waals surface area contributed by atoms with Crippen LogP contribution >= 0.6 is 0 Å². The Labute approximate surface area is 148 Å². The smallest absolute Gasteiger partial charge is 0.407 e. The number of fused-ring (bicyclic) bond motifs is 1. The SMILES string of the molecule is CC(C)(C)OC(=O)NCC(c1ccccc1)c1ccc2[nH]ccc2c1. The molecule has 1 heterocycles. The average Bonchev–Trinajstić information content (AvgIpc) is 3.02. The predicted molar refractivity (Wildman–Crippen MR) is 101 cm³/mol. The van der Waals surface area contributed by atoms with E-state index in [0.717, 1.165) is 22.0 Å². The Balaban J connectivity index is 1.84. The molecule has 0 spiro atoms. The average molecular weight is 336 g/mol. The summed E-state index contributed by atoms with van der Waals surface area (Å²) in [6, 6.07) is 18.6. The van der Waals surface area contributed by atoms with Gasteiger partial charge in [0.2, 0.25) is 0 Å². The van der Waals surface area contributed by atoms with E-state index in [1.54, 1.807) is 0 Å². The number of hydrogen-bond acceptors (Lipinski definition) is 2. The topological polar surface area (TPSA) is 54.1 Å². The molecule has 1 unspecified atom stereocenters. The van der Waals surface area contributed by atoms with Gasteiger partial charge in [-0.1, -0.05) is 36.4 Å². The minimum absolute atomic E-state index is 0.0630. The molecule has 0 aliphatic rings. The van der Waals surface area contributed by atoms with Crippen LogP contribution in [0.3, 0.4) is 0 Å². The van der Waals surface area contributed by atoms with E-state index >= 15 is 0 Å². The summed E-state index contributed by atoms with van der Waals surface area (Å²) in [5.74, 6) is 0.0630. The van der Waals surface area contributed by atoms with Crippen molar-refractivity contribution >= 4 is 17.0 Å². The normalized spacial score (nSPS) is 12.8. The van der Waals surface area contributed by atoms with Crippen LogP contribution in [-0.4, -0.2) is 23.2 Å². The second-order valence-electron chi connectivity index (χ2n) is 7.17. The number of carbonyl (C=O) groups is 1. The molecule has 0 aliphatic carbocycles. The number of ether oxygens (including phenoxy) is 1. The molecule has 4 nitrogen and oxygen atoms in total. The Morgan fingerprint density at radius 1 is 1.08 bits per heavy atom. The second-order valence-corrected chi connectivity index (χ2v) is 7.17. The van der Waals surface area contributed by atoms with Crippen LogP contribution in [0.15, 0.2) is 60.8 Å². The Morgan fingerprint density at radius 3 is 2.56 bits per heavy atom. The zero-order chi connectivity index (χ0) is 17.9. The number of H-pyrrole nitrogens is 1. The van der Waals surface area contributed by atoms with Gasteiger partial charge in [0.1, 0.15) is 5.60 Å². The van der Waals surface area contributed by atoms with Crippen molar-refractivity contribution in [1.82, 2.24) is 10.3 Å². The van der Waals surface area contributed by atoms with Crippen molar-refractivity contribution in [3.05, 3.63) is 71.9 Å². The number of nitrogens with one attached hydrogen (secondary N) is 2. The van der Waals surface area contributed by atoms with Crippen LogP contribution in [0.2, 0.25) is 0 Å². The standard InChI is InChI=1S/C21H24N2O2/c1-21(2,3)25-20(24)23-14-18(15-7-5-4-6-8-15)16-9-10-19-17(13-16)11-12-22-19/h4-13,18,22H,14H2,1-3H3,(H,23,24). The lowest BCUT2D eigenvalue weighted by molar-refractivity contribution is 0.0526. The minimum atomic E-state index is -0.504. The fourth-order valence-corrected chi connectivity index (χ4v) is 2.90. The molecule has 0 saturated carbocycles. The van der Waals surface area contributed by atoms with E-state index in [0.29, 0.717) is 6.54 Å². The van der Waals surface area contributed by atoms with Crippen LogP contribution in [0.1, 0.15) is 37.8 Å². The molecule has 0 aliphatic heterocycles. The van der Waals surface area contributed by atoms with Gasteiger partial charge < -0.3 is 15.0 Å². The molecule has 4 heteroatoms. The van der Waals surface area contributed by atoms with Gasteiger partial charge in [-0.25, -0.2) is 4.79 Å². The first kappa shape index (κ1) is 17.1. The number of amides is 1. The fourth-order valence-electron chi connectivity index (χ4n) is 2.90. The molecule has 0 radical (unpaired) electrons. The summed E-state index contributed by atoms with van der Waals surface area (Å²) < 4.78 is 5.36.